The van der Waals surface area contributed by atoms with Crippen molar-refractivity contribution in [2.75, 3.05) is 6.61 Å². The van der Waals surface area contributed by atoms with Gasteiger partial charge in [-0.3, -0.25) is 4.79 Å². The normalized spacial score (nSPS) is 10.9. The predicted octanol–water partition coefficient (Wildman–Crippen LogP) is 5.07. The van der Waals surface area contributed by atoms with E-state index in [2.05, 4.69) is 22.1 Å². The van der Waals surface area contributed by atoms with Gasteiger partial charge >= 0.3 is 5.97 Å². The Bertz CT molecular complexity index is 999. The highest BCUT2D eigenvalue weighted by molar-refractivity contribution is 7.09. The molecular formula is C23H25NO3S. The van der Waals surface area contributed by atoms with Crippen molar-refractivity contribution in [3.63, 3.8) is 0 Å². The van der Waals surface area contributed by atoms with Crippen molar-refractivity contribution in [1.29, 1.82) is 0 Å². The SMILES string of the molecule is Cc1ccc(C)c(C(=O)OCC(=O)c2cc(C)n(CCc3cccs3)c2C)c1. The molecule has 3 aromatic rings. The van der Waals surface area contributed by atoms with Crippen molar-refractivity contribution in [3.05, 3.63) is 80.3 Å². The Morgan fingerprint density at radius 3 is 2.54 bits per heavy atom. The van der Waals surface area contributed by atoms with Crippen molar-refractivity contribution in [2.24, 2.45) is 0 Å². The second-order valence-electron chi connectivity index (χ2n) is 7.08. The van der Waals surface area contributed by atoms with Gasteiger partial charge in [-0.2, -0.15) is 0 Å². The summed E-state index contributed by atoms with van der Waals surface area (Å²) in [7, 11) is 0. The monoisotopic (exact) mass is 395 g/mol. The van der Waals surface area contributed by atoms with E-state index in [1.807, 2.05) is 45.9 Å². The van der Waals surface area contributed by atoms with Crippen LogP contribution in [-0.2, 0) is 17.7 Å². The first-order valence-corrected chi connectivity index (χ1v) is 10.2. The zero-order valence-corrected chi connectivity index (χ0v) is 17.6. The van der Waals surface area contributed by atoms with Crippen LogP contribution in [0.3, 0.4) is 0 Å². The number of Topliss-reactive ketones (excluding diaryl/α,β-unsaturated/α-hetero) is 1. The summed E-state index contributed by atoms with van der Waals surface area (Å²) in [4.78, 5) is 26.4. The number of ether oxygens (including phenoxy) is 1. The number of carbonyl (C=O) groups is 2. The molecule has 0 fully saturated rings. The minimum absolute atomic E-state index is 0.172. The summed E-state index contributed by atoms with van der Waals surface area (Å²) in [5.41, 5.74) is 4.92. The lowest BCUT2D eigenvalue weighted by Crippen LogP contribution is -2.16. The van der Waals surface area contributed by atoms with Gasteiger partial charge in [0.1, 0.15) is 0 Å². The molecule has 0 amide bonds. The molecule has 0 aliphatic rings. The Labute approximate surface area is 169 Å². The van der Waals surface area contributed by atoms with Gasteiger partial charge in [-0.1, -0.05) is 23.8 Å². The first kappa shape index (κ1) is 20.1. The van der Waals surface area contributed by atoms with Crippen molar-refractivity contribution < 1.29 is 14.3 Å². The number of benzene rings is 1. The van der Waals surface area contributed by atoms with Crippen LogP contribution in [0.15, 0.2) is 41.8 Å². The van der Waals surface area contributed by atoms with Crippen LogP contribution in [0, 0.1) is 27.7 Å². The number of carbonyl (C=O) groups excluding carboxylic acids is 2. The number of hydrogen-bond donors (Lipinski definition) is 0. The number of ketones is 1. The quantitative estimate of drug-likeness (QED) is 0.415. The van der Waals surface area contributed by atoms with Gasteiger partial charge in [0.25, 0.3) is 0 Å². The Morgan fingerprint density at radius 1 is 1.04 bits per heavy atom. The second kappa shape index (κ2) is 8.57. The molecule has 3 rings (SSSR count). The van der Waals surface area contributed by atoms with Crippen LogP contribution in [0.2, 0.25) is 0 Å². The molecule has 0 spiro atoms. The van der Waals surface area contributed by atoms with Gasteiger partial charge in [-0.15, -0.1) is 11.3 Å². The molecule has 146 valence electrons. The molecular weight excluding hydrogens is 370 g/mol. The molecule has 0 saturated carbocycles. The van der Waals surface area contributed by atoms with Gasteiger partial charge < -0.3 is 9.30 Å². The van der Waals surface area contributed by atoms with Crippen LogP contribution in [0.4, 0.5) is 0 Å². The summed E-state index contributed by atoms with van der Waals surface area (Å²) < 4.78 is 7.46. The van der Waals surface area contributed by atoms with Gasteiger partial charge in [0, 0.05) is 28.4 Å². The lowest BCUT2D eigenvalue weighted by molar-refractivity contribution is 0.0473. The van der Waals surface area contributed by atoms with Gasteiger partial charge in [0.05, 0.1) is 5.56 Å². The number of aryl methyl sites for hydroxylation is 4. The second-order valence-corrected chi connectivity index (χ2v) is 8.12. The van der Waals surface area contributed by atoms with Crippen molar-refractivity contribution in [2.45, 2.75) is 40.7 Å². The maximum atomic E-state index is 12.7. The van der Waals surface area contributed by atoms with Gasteiger partial charge in [0.2, 0.25) is 5.78 Å². The predicted molar refractivity (Wildman–Crippen MR) is 112 cm³/mol. The average Bonchev–Trinajstić information content (AvgIpc) is 3.28. The first-order chi connectivity index (χ1) is 13.4. The highest BCUT2D eigenvalue weighted by Gasteiger charge is 2.18. The molecule has 0 bridgehead atoms. The van der Waals surface area contributed by atoms with E-state index in [0.717, 1.165) is 35.5 Å². The number of thiophene rings is 1. The highest BCUT2D eigenvalue weighted by atomic mass is 32.1. The van der Waals surface area contributed by atoms with Crippen LogP contribution in [0.1, 0.15) is 48.1 Å². The Balaban J connectivity index is 1.66. The molecule has 4 nitrogen and oxygen atoms in total. The van der Waals surface area contributed by atoms with Gasteiger partial charge in [-0.25, -0.2) is 4.79 Å². The topological polar surface area (TPSA) is 48.3 Å². The summed E-state index contributed by atoms with van der Waals surface area (Å²) in [6.45, 7) is 8.31. The van der Waals surface area contributed by atoms with E-state index in [1.165, 1.54) is 4.88 Å². The standard InChI is InChI=1S/C23H25NO3S/c1-15-7-8-16(2)20(12-15)23(26)27-14-22(25)21-13-17(3)24(18(21)4)10-9-19-6-5-11-28-19/h5-8,11-13H,9-10,14H2,1-4H3. The van der Waals surface area contributed by atoms with E-state index in [9.17, 15) is 9.59 Å². The number of nitrogens with zero attached hydrogens (tertiary/aromatic N) is 1. The summed E-state index contributed by atoms with van der Waals surface area (Å²) in [5.74, 6) is -0.629. The Morgan fingerprint density at radius 2 is 1.82 bits per heavy atom. The maximum Gasteiger partial charge on any atom is 0.338 e. The average molecular weight is 396 g/mol. The zero-order chi connectivity index (χ0) is 20.3. The fraction of sp³-hybridized carbons (Fsp3) is 0.304. The molecule has 2 heterocycles. The van der Waals surface area contributed by atoms with Gasteiger partial charge in [0.15, 0.2) is 6.61 Å². The number of rotatable bonds is 7. The van der Waals surface area contributed by atoms with Crippen molar-refractivity contribution in [1.82, 2.24) is 4.57 Å². The molecule has 0 unspecified atom stereocenters. The number of esters is 1. The molecule has 28 heavy (non-hydrogen) atoms. The van der Waals surface area contributed by atoms with Crippen LogP contribution in [0.5, 0.6) is 0 Å². The molecule has 0 aliphatic carbocycles. The zero-order valence-electron chi connectivity index (χ0n) is 16.7. The van der Waals surface area contributed by atoms with Crippen LogP contribution >= 0.6 is 11.3 Å². The van der Waals surface area contributed by atoms with Crippen molar-refractivity contribution in [3.8, 4) is 0 Å². The fourth-order valence-corrected chi connectivity index (χ4v) is 4.04. The molecule has 0 aliphatic heterocycles. The minimum Gasteiger partial charge on any atom is -0.454 e. The van der Waals surface area contributed by atoms with E-state index in [1.54, 1.807) is 17.4 Å². The summed E-state index contributed by atoms with van der Waals surface area (Å²) in [6, 6.07) is 11.7. The van der Waals surface area contributed by atoms with Crippen LogP contribution < -0.4 is 0 Å². The fourth-order valence-electron chi connectivity index (χ4n) is 3.35. The van der Waals surface area contributed by atoms with Crippen LogP contribution in [0.25, 0.3) is 0 Å². The summed E-state index contributed by atoms with van der Waals surface area (Å²) in [5, 5.41) is 2.07. The van der Waals surface area contributed by atoms with Gasteiger partial charge in [-0.05, 0) is 63.3 Å². The molecule has 0 radical (unpaired) electrons. The first-order valence-electron chi connectivity index (χ1n) is 9.33. The molecule has 2 aromatic heterocycles. The van der Waals surface area contributed by atoms with E-state index in [-0.39, 0.29) is 12.4 Å². The lowest BCUT2D eigenvalue weighted by Gasteiger charge is -2.10. The van der Waals surface area contributed by atoms with E-state index < -0.39 is 5.97 Å². The van der Waals surface area contributed by atoms with E-state index >= 15 is 0 Å². The molecule has 0 N–H and O–H groups in total. The number of hydrogen-bond acceptors (Lipinski definition) is 4. The largest absolute Gasteiger partial charge is 0.454 e. The smallest absolute Gasteiger partial charge is 0.338 e. The van der Waals surface area contributed by atoms with Crippen molar-refractivity contribution >= 4 is 23.1 Å². The van der Waals surface area contributed by atoms with Crippen LogP contribution in [-0.4, -0.2) is 22.9 Å². The Hall–Kier alpha value is -2.66. The molecule has 0 saturated heterocycles. The summed E-state index contributed by atoms with van der Waals surface area (Å²) >= 11 is 1.74. The molecule has 1 aromatic carbocycles. The number of aromatic nitrogens is 1. The lowest BCUT2D eigenvalue weighted by atomic mass is 10.1. The van der Waals surface area contributed by atoms with E-state index in [0.29, 0.717) is 11.1 Å². The summed E-state index contributed by atoms with van der Waals surface area (Å²) in [6.07, 6.45) is 0.934. The molecule has 0 atom stereocenters. The van der Waals surface area contributed by atoms with E-state index in [4.69, 9.17) is 4.74 Å². The third-order valence-corrected chi connectivity index (χ3v) is 5.92. The highest BCUT2D eigenvalue weighted by Crippen LogP contribution is 2.19. The maximum absolute atomic E-state index is 12.7. The third kappa shape index (κ3) is 4.42. The Kier molecular flexibility index (Phi) is 6.15. The minimum atomic E-state index is -0.457. The third-order valence-electron chi connectivity index (χ3n) is 4.98. The molecule has 5 heteroatoms.